The molecule has 5 nitrogen and oxygen atoms in total. The number of unbranched alkanes of at least 4 members (excludes halogenated alkanes) is 2. The van der Waals surface area contributed by atoms with Crippen molar-refractivity contribution in [2.75, 3.05) is 18.6 Å². The Hall–Kier alpha value is -0.790. The van der Waals surface area contributed by atoms with Gasteiger partial charge in [0.1, 0.15) is 5.75 Å². The summed E-state index contributed by atoms with van der Waals surface area (Å²) in [6.45, 7) is 0.398. The summed E-state index contributed by atoms with van der Waals surface area (Å²) in [5.41, 5.74) is 0. The van der Waals surface area contributed by atoms with Crippen LogP contribution in [0.3, 0.4) is 0 Å². The van der Waals surface area contributed by atoms with Crippen molar-refractivity contribution in [3.05, 3.63) is 24.3 Å². The van der Waals surface area contributed by atoms with Gasteiger partial charge in [-0.15, -0.1) is 0 Å². The Morgan fingerprint density at radius 1 is 1.10 bits per heavy atom. The molecule has 20 heavy (non-hydrogen) atoms. The minimum Gasteiger partial charge on any atom is -0.494 e. The summed E-state index contributed by atoms with van der Waals surface area (Å²) in [7, 11) is -1.58. The van der Waals surface area contributed by atoms with Gasteiger partial charge in [-0.3, -0.25) is 0 Å². The first-order valence-electron chi connectivity index (χ1n) is 6.04. The van der Waals surface area contributed by atoms with Crippen LogP contribution in [0.5, 0.6) is 5.75 Å². The highest BCUT2D eigenvalue weighted by atomic mass is 35.7. The lowest BCUT2D eigenvalue weighted by Gasteiger charge is -2.07. The molecule has 0 amide bonds. The molecule has 0 saturated heterocycles. The van der Waals surface area contributed by atoms with Crippen LogP contribution in [-0.2, 0) is 18.9 Å². The summed E-state index contributed by atoms with van der Waals surface area (Å²) >= 11 is 0. The van der Waals surface area contributed by atoms with E-state index in [-0.39, 0.29) is 10.6 Å². The summed E-state index contributed by atoms with van der Waals surface area (Å²) < 4.78 is 49.6. The Morgan fingerprint density at radius 2 is 1.80 bits per heavy atom. The van der Waals surface area contributed by atoms with Gasteiger partial charge in [0.2, 0.25) is 9.05 Å². The standard InChI is InChI=1S/C12H17ClO5S2/c1-19(14,15)12-7-5-6-11(10-12)18-8-3-2-4-9-20(13,16)17/h5-7,10H,2-4,8-9H2,1H3. The summed E-state index contributed by atoms with van der Waals surface area (Å²) in [5.74, 6) is 0.441. The molecule has 0 aliphatic heterocycles. The molecule has 0 aromatic heterocycles. The number of rotatable bonds is 8. The van der Waals surface area contributed by atoms with Gasteiger partial charge >= 0.3 is 0 Å². The van der Waals surface area contributed by atoms with Crippen molar-refractivity contribution in [3.63, 3.8) is 0 Å². The predicted octanol–water partition coefficient (Wildman–Crippen LogP) is 2.21. The zero-order valence-corrected chi connectivity index (χ0v) is 13.5. The highest BCUT2D eigenvalue weighted by Gasteiger charge is 2.08. The molecular weight excluding hydrogens is 324 g/mol. The van der Waals surface area contributed by atoms with Gasteiger partial charge in [-0.25, -0.2) is 16.8 Å². The molecule has 1 aromatic carbocycles. The minimum atomic E-state index is -3.42. The predicted molar refractivity (Wildman–Crippen MR) is 78.5 cm³/mol. The first-order valence-corrected chi connectivity index (χ1v) is 10.4. The molecule has 114 valence electrons. The fraction of sp³-hybridized carbons (Fsp3) is 0.500. The molecule has 0 radical (unpaired) electrons. The van der Waals surface area contributed by atoms with E-state index in [0.717, 1.165) is 6.26 Å². The van der Waals surface area contributed by atoms with Gasteiger partial charge in [0.25, 0.3) is 0 Å². The number of sulfone groups is 1. The van der Waals surface area contributed by atoms with Crippen molar-refractivity contribution in [2.24, 2.45) is 0 Å². The van der Waals surface area contributed by atoms with Crippen LogP contribution in [0.15, 0.2) is 29.2 Å². The largest absolute Gasteiger partial charge is 0.494 e. The molecule has 0 unspecified atom stereocenters. The Labute approximate surface area is 124 Å². The van der Waals surface area contributed by atoms with E-state index >= 15 is 0 Å². The molecule has 0 fully saturated rings. The fourth-order valence-electron chi connectivity index (χ4n) is 1.54. The average Bonchev–Trinajstić information content (AvgIpc) is 2.31. The van der Waals surface area contributed by atoms with Gasteiger partial charge in [-0.05, 0) is 37.5 Å². The van der Waals surface area contributed by atoms with Gasteiger partial charge in [-0.1, -0.05) is 6.07 Å². The van der Waals surface area contributed by atoms with E-state index in [1.807, 2.05) is 0 Å². The monoisotopic (exact) mass is 340 g/mol. The second-order valence-corrected chi connectivity index (χ2v) is 9.31. The van der Waals surface area contributed by atoms with Crippen LogP contribution in [-0.4, -0.2) is 35.5 Å². The number of ether oxygens (including phenoxy) is 1. The molecule has 1 rings (SSSR count). The molecule has 1 aromatic rings. The zero-order chi connectivity index (χ0) is 15.2. The van der Waals surface area contributed by atoms with E-state index in [1.165, 1.54) is 12.1 Å². The van der Waals surface area contributed by atoms with Crippen LogP contribution in [0.1, 0.15) is 19.3 Å². The smallest absolute Gasteiger partial charge is 0.232 e. The van der Waals surface area contributed by atoms with Gasteiger partial charge < -0.3 is 4.74 Å². The van der Waals surface area contributed by atoms with Crippen LogP contribution in [0, 0.1) is 0 Å². The summed E-state index contributed by atoms with van der Waals surface area (Å²) in [6.07, 6.45) is 2.98. The Morgan fingerprint density at radius 3 is 2.40 bits per heavy atom. The van der Waals surface area contributed by atoms with E-state index in [1.54, 1.807) is 12.1 Å². The number of hydrogen-bond acceptors (Lipinski definition) is 5. The summed E-state index contributed by atoms with van der Waals surface area (Å²) in [4.78, 5) is 0.211. The maximum absolute atomic E-state index is 11.4. The molecule has 0 aliphatic carbocycles. The van der Waals surface area contributed by atoms with E-state index in [9.17, 15) is 16.8 Å². The number of hydrogen-bond donors (Lipinski definition) is 0. The molecule has 0 bridgehead atoms. The van der Waals surface area contributed by atoms with Gasteiger partial charge in [0.05, 0.1) is 17.3 Å². The summed E-state index contributed by atoms with van der Waals surface area (Å²) in [6, 6.07) is 6.27. The average molecular weight is 341 g/mol. The van der Waals surface area contributed by atoms with Crippen molar-refractivity contribution in [1.82, 2.24) is 0 Å². The number of halogens is 1. The highest BCUT2D eigenvalue weighted by molar-refractivity contribution is 8.13. The number of benzene rings is 1. The van der Waals surface area contributed by atoms with Crippen LogP contribution in [0.4, 0.5) is 0 Å². The third kappa shape index (κ3) is 7.12. The van der Waals surface area contributed by atoms with Crippen molar-refractivity contribution in [2.45, 2.75) is 24.2 Å². The van der Waals surface area contributed by atoms with Crippen molar-refractivity contribution in [1.29, 1.82) is 0 Å². The van der Waals surface area contributed by atoms with Crippen molar-refractivity contribution >= 4 is 29.6 Å². The van der Waals surface area contributed by atoms with Crippen LogP contribution < -0.4 is 4.74 Å². The summed E-state index contributed by atoms with van der Waals surface area (Å²) in [5, 5.41) is 0. The molecule has 0 heterocycles. The molecule has 8 heteroatoms. The lowest BCUT2D eigenvalue weighted by molar-refractivity contribution is 0.305. The van der Waals surface area contributed by atoms with E-state index in [2.05, 4.69) is 0 Å². The molecule has 0 spiro atoms. The van der Waals surface area contributed by atoms with Gasteiger partial charge in [-0.2, -0.15) is 0 Å². The lowest BCUT2D eigenvalue weighted by atomic mass is 10.3. The van der Waals surface area contributed by atoms with Crippen molar-refractivity contribution < 1.29 is 21.6 Å². The SMILES string of the molecule is CS(=O)(=O)c1cccc(OCCCCCS(=O)(=O)Cl)c1. The molecular formula is C12H17ClO5S2. The van der Waals surface area contributed by atoms with Gasteiger partial charge in [0.15, 0.2) is 9.84 Å². The van der Waals surface area contributed by atoms with Crippen LogP contribution >= 0.6 is 10.7 Å². The van der Waals surface area contributed by atoms with E-state index in [4.69, 9.17) is 15.4 Å². The van der Waals surface area contributed by atoms with Crippen LogP contribution in [0.25, 0.3) is 0 Å². The second kappa shape index (κ2) is 7.28. The first-order chi connectivity index (χ1) is 9.18. The van der Waals surface area contributed by atoms with Gasteiger partial charge in [0, 0.05) is 16.9 Å². The third-order valence-corrected chi connectivity index (χ3v) is 4.88. The Bertz CT molecular complexity index is 638. The Balaban J connectivity index is 2.36. The maximum atomic E-state index is 11.4. The van der Waals surface area contributed by atoms with Crippen LogP contribution in [0.2, 0.25) is 0 Å². The molecule has 0 atom stereocenters. The quantitative estimate of drug-likeness (QED) is 0.535. The molecule has 0 aliphatic rings. The normalized spacial score (nSPS) is 12.3. The third-order valence-electron chi connectivity index (χ3n) is 2.53. The zero-order valence-electron chi connectivity index (χ0n) is 11.1. The highest BCUT2D eigenvalue weighted by Crippen LogP contribution is 2.17. The topological polar surface area (TPSA) is 77.5 Å². The fourth-order valence-corrected chi connectivity index (χ4v) is 3.07. The lowest BCUT2D eigenvalue weighted by Crippen LogP contribution is -2.02. The van der Waals surface area contributed by atoms with Crippen molar-refractivity contribution in [3.8, 4) is 5.75 Å². The first kappa shape index (κ1) is 17.3. The minimum absolute atomic E-state index is 0.0435. The molecule has 0 saturated carbocycles. The van der Waals surface area contributed by atoms with E-state index < -0.39 is 18.9 Å². The molecule has 0 N–H and O–H groups in total. The van der Waals surface area contributed by atoms with E-state index in [0.29, 0.717) is 31.6 Å². The Kier molecular flexibility index (Phi) is 6.29. The maximum Gasteiger partial charge on any atom is 0.232 e. The second-order valence-electron chi connectivity index (χ2n) is 4.40.